The molecule has 1 saturated carbocycles. The lowest BCUT2D eigenvalue weighted by Crippen LogP contribution is -2.41. The number of aliphatic hydroxyl groups excluding tert-OH is 1. The summed E-state index contributed by atoms with van der Waals surface area (Å²) in [4.78, 5) is 12.2. The van der Waals surface area contributed by atoms with E-state index in [0.717, 1.165) is 25.7 Å². The van der Waals surface area contributed by atoms with Gasteiger partial charge < -0.3 is 10.4 Å². The van der Waals surface area contributed by atoms with Gasteiger partial charge in [-0.1, -0.05) is 48.5 Å². The molecule has 2 N–H and O–H groups in total. The Bertz CT molecular complexity index is 485. The Kier molecular flexibility index (Phi) is 5.30. The van der Waals surface area contributed by atoms with Crippen molar-refractivity contribution in [3.8, 4) is 0 Å². The molecule has 1 aromatic carbocycles. The quantitative estimate of drug-likeness (QED) is 0.890. The molecule has 110 valence electrons. The average molecular weight is 316 g/mol. The Labute approximate surface area is 129 Å². The second-order valence-electron chi connectivity index (χ2n) is 5.50. The van der Waals surface area contributed by atoms with Crippen molar-refractivity contribution < 1.29 is 9.90 Å². The number of aliphatic hydroxyl groups is 1. The molecule has 0 atom stereocenters. The Balaban J connectivity index is 2.02. The molecule has 1 aliphatic carbocycles. The summed E-state index contributed by atoms with van der Waals surface area (Å²) >= 11 is 11.9. The van der Waals surface area contributed by atoms with Crippen molar-refractivity contribution in [2.24, 2.45) is 5.41 Å². The van der Waals surface area contributed by atoms with Crippen LogP contribution in [0.2, 0.25) is 10.0 Å². The van der Waals surface area contributed by atoms with Crippen molar-refractivity contribution in [2.75, 3.05) is 13.2 Å². The number of rotatable bonds is 4. The molecule has 0 saturated heterocycles. The Morgan fingerprint density at radius 1 is 1.25 bits per heavy atom. The van der Waals surface area contributed by atoms with Gasteiger partial charge in [-0.25, -0.2) is 0 Å². The molecule has 0 aromatic heterocycles. The number of halogens is 2. The summed E-state index contributed by atoms with van der Waals surface area (Å²) in [5.41, 5.74) is 0.196. The van der Waals surface area contributed by atoms with Crippen molar-refractivity contribution in [3.05, 3.63) is 33.8 Å². The molecule has 20 heavy (non-hydrogen) atoms. The van der Waals surface area contributed by atoms with Gasteiger partial charge >= 0.3 is 0 Å². The smallest absolute Gasteiger partial charge is 0.252 e. The van der Waals surface area contributed by atoms with Crippen molar-refractivity contribution in [1.29, 1.82) is 0 Å². The second-order valence-corrected chi connectivity index (χ2v) is 6.29. The minimum atomic E-state index is -0.240. The van der Waals surface area contributed by atoms with Crippen LogP contribution >= 0.6 is 23.2 Å². The van der Waals surface area contributed by atoms with Crippen LogP contribution in [0.15, 0.2) is 18.2 Å². The Hall–Kier alpha value is -0.770. The predicted molar refractivity (Wildman–Crippen MR) is 81.4 cm³/mol. The SMILES string of the molecule is O=C(NCC1(CO)CCCCC1)c1cccc(Cl)c1Cl. The zero-order chi connectivity index (χ0) is 14.6. The lowest BCUT2D eigenvalue weighted by molar-refractivity contribution is 0.0718. The van der Waals surface area contributed by atoms with Crippen LogP contribution in [0.3, 0.4) is 0 Å². The monoisotopic (exact) mass is 315 g/mol. The van der Waals surface area contributed by atoms with Gasteiger partial charge in [0, 0.05) is 12.0 Å². The van der Waals surface area contributed by atoms with E-state index in [4.69, 9.17) is 23.2 Å². The summed E-state index contributed by atoms with van der Waals surface area (Å²) in [6.07, 6.45) is 5.32. The number of amides is 1. The molecule has 3 nitrogen and oxygen atoms in total. The number of hydrogen-bond acceptors (Lipinski definition) is 2. The number of nitrogens with one attached hydrogen (secondary N) is 1. The molecule has 0 spiro atoms. The van der Waals surface area contributed by atoms with E-state index in [9.17, 15) is 9.90 Å². The number of carbonyl (C=O) groups is 1. The first-order valence-electron chi connectivity index (χ1n) is 6.91. The van der Waals surface area contributed by atoms with E-state index < -0.39 is 0 Å². The fourth-order valence-electron chi connectivity index (χ4n) is 2.73. The lowest BCUT2D eigenvalue weighted by atomic mass is 9.74. The fraction of sp³-hybridized carbons (Fsp3) is 0.533. The zero-order valence-electron chi connectivity index (χ0n) is 11.3. The van der Waals surface area contributed by atoms with Gasteiger partial charge in [0.2, 0.25) is 0 Å². The molecule has 1 amide bonds. The topological polar surface area (TPSA) is 49.3 Å². The molecular formula is C15H19Cl2NO2. The summed E-state index contributed by atoms with van der Waals surface area (Å²) in [7, 11) is 0. The highest BCUT2D eigenvalue weighted by molar-refractivity contribution is 6.43. The highest BCUT2D eigenvalue weighted by atomic mass is 35.5. The third kappa shape index (κ3) is 3.46. The molecule has 1 fully saturated rings. The summed E-state index contributed by atoms with van der Waals surface area (Å²) in [6, 6.07) is 5.00. The van der Waals surface area contributed by atoms with Crippen molar-refractivity contribution in [3.63, 3.8) is 0 Å². The standard InChI is InChI=1S/C15H19Cl2NO2/c16-12-6-4-5-11(13(12)17)14(20)18-9-15(10-19)7-2-1-3-8-15/h4-6,19H,1-3,7-10H2,(H,18,20). The molecule has 5 heteroatoms. The molecule has 1 aliphatic rings. The predicted octanol–water partition coefficient (Wildman–Crippen LogP) is 3.67. The van der Waals surface area contributed by atoms with Crippen molar-refractivity contribution in [2.45, 2.75) is 32.1 Å². The molecule has 0 unspecified atom stereocenters. The van der Waals surface area contributed by atoms with Gasteiger partial charge in [-0.05, 0) is 25.0 Å². The maximum absolute atomic E-state index is 12.2. The molecule has 0 heterocycles. The van der Waals surface area contributed by atoms with Gasteiger partial charge in [0.1, 0.15) is 0 Å². The van der Waals surface area contributed by atoms with Crippen LogP contribution in [0, 0.1) is 5.41 Å². The summed E-state index contributed by atoms with van der Waals surface area (Å²) in [5, 5.41) is 13.2. The summed E-state index contributed by atoms with van der Waals surface area (Å²) in [5.74, 6) is -0.240. The zero-order valence-corrected chi connectivity index (χ0v) is 12.8. The van der Waals surface area contributed by atoms with Gasteiger partial charge in [0.15, 0.2) is 0 Å². The highest BCUT2D eigenvalue weighted by Crippen LogP contribution is 2.35. The van der Waals surface area contributed by atoms with E-state index in [1.165, 1.54) is 6.42 Å². The van der Waals surface area contributed by atoms with E-state index in [2.05, 4.69) is 5.32 Å². The van der Waals surface area contributed by atoms with Gasteiger partial charge in [-0.15, -0.1) is 0 Å². The summed E-state index contributed by atoms with van der Waals surface area (Å²) < 4.78 is 0. The first-order chi connectivity index (χ1) is 9.58. The van der Waals surface area contributed by atoms with Gasteiger partial charge in [0.05, 0.1) is 22.2 Å². The van der Waals surface area contributed by atoms with Crippen LogP contribution < -0.4 is 5.32 Å². The fourth-order valence-corrected chi connectivity index (χ4v) is 3.12. The third-order valence-electron chi connectivity index (χ3n) is 4.07. The number of hydrogen-bond donors (Lipinski definition) is 2. The number of carbonyl (C=O) groups excluding carboxylic acids is 1. The molecular weight excluding hydrogens is 297 g/mol. The van der Waals surface area contributed by atoms with Gasteiger partial charge in [0.25, 0.3) is 5.91 Å². The maximum atomic E-state index is 12.2. The van der Waals surface area contributed by atoms with Crippen LogP contribution in [0.5, 0.6) is 0 Å². The summed E-state index contributed by atoms with van der Waals surface area (Å²) in [6.45, 7) is 0.585. The van der Waals surface area contributed by atoms with E-state index in [0.29, 0.717) is 17.1 Å². The van der Waals surface area contributed by atoms with E-state index in [-0.39, 0.29) is 23.0 Å². The van der Waals surface area contributed by atoms with Gasteiger partial charge in [-0.3, -0.25) is 4.79 Å². The van der Waals surface area contributed by atoms with Crippen LogP contribution in [-0.4, -0.2) is 24.2 Å². The lowest BCUT2D eigenvalue weighted by Gasteiger charge is -2.35. The number of benzene rings is 1. The Morgan fingerprint density at radius 3 is 2.60 bits per heavy atom. The third-order valence-corrected chi connectivity index (χ3v) is 4.89. The minimum absolute atomic E-state index is 0.108. The van der Waals surface area contributed by atoms with Crippen molar-refractivity contribution in [1.82, 2.24) is 5.32 Å². The van der Waals surface area contributed by atoms with Crippen LogP contribution in [0.25, 0.3) is 0 Å². The van der Waals surface area contributed by atoms with E-state index >= 15 is 0 Å². The highest BCUT2D eigenvalue weighted by Gasteiger charge is 2.32. The maximum Gasteiger partial charge on any atom is 0.252 e. The normalized spacial score (nSPS) is 17.8. The minimum Gasteiger partial charge on any atom is -0.396 e. The van der Waals surface area contributed by atoms with Crippen LogP contribution in [-0.2, 0) is 0 Å². The van der Waals surface area contributed by atoms with Crippen LogP contribution in [0.1, 0.15) is 42.5 Å². The molecule has 0 bridgehead atoms. The largest absolute Gasteiger partial charge is 0.396 e. The van der Waals surface area contributed by atoms with Crippen molar-refractivity contribution >= 4 is 29.1 Å². The molecule has 1 aromatic rings. The first kappa shape index (κ1) is 15.6. The van der Waals surface area contributed by atoms with Gasteiger partial charge in [-0.2, -0.15) is 0 Å². The van der Waals surface area contributed by atoms with E-state index in [1.54, 1.807) is 18.2 Å². The molecule has 2 rings (SSSR count). The molecule has 0 radical (unpaired) electrons. The average Bonchev–Trinajstić information content (AvgIpc) is 2.48. The van der Waals surface area contributed by atoms with Crippen LogP contribution in [0.4, 0.5) is 0 Å². The van der Waals surface area contributed by atoms with E-state index in [1.807, 2.05) is 0 Å². The molecule has 0 aliphatic heterocycles. The second kappa shape index (κ2) is 6.79. The first-order valence-corrected chi connectivity index (χ1v) is 7.67. The Morgan fingerprint density at radius 2 is 1.95 bits per heavy atom.